The van der Waals surface area contributed by atoms with Crippen LogP contribution in [0.2, 0.25) is 10.0 Å². The van der Waals surface area contributed by atoms with Crippen LogP contribution in [0.3, 0.4) is 0 Å². The Bertz CT molecular complexity index is 865. The van der Waals surface area contributed by atoms with Crippen molar-refractivity contribution in [3.8, 4) is 0 Å². The van der Waals surface area contributed by atoms with Gasteiger partial charge in [-0.1, -0.05) is 40.6 Å². The number of nitro groups is 1. The molecule has 2 aromatic rings. The number of sulfone groups is 1. The van der Waals surface area contributed by atoms with Crippen molar-refractivity contribution < 1.29 is 13.3 Å². The number of thiophene rings is 1. The first-order chi connectivity index (χ1) is 10.6. The van der Waals surface area contributed by atoms with Crippen LogP contribution in [0.25, 0.3) is 0 Å². The van der Waals surface area contributed by atoms with Crippen LogP contribution in [0, 0.1) is 10.1 Å². The molecule has 0 aliphatic rings. The van der Waals surface area contributed by atoms with E-state index in [0.29, 0.717) is 10.0 Å². The summed E-state index contributed by atoms with van der Waals surface area (Å²) < 4.78 is 23.1. The normalized spacial score (nSPS) is 12.9. The second kappa shape index (κ2) is 6.64. The fraction of sp³-hybridized carbons (Fsp3) is 0.231. The highest BCUT2D eigenvalue weighted by atomic mass is 35.5. The van der Waals surface area contributed by atoms with E-state index in [2.05, 4.69) is 5.32 Å². The molecule has 124 valence electrons. The zero-order valence-electron chi connectivity index (χ0n) is 12.0. The lowest BCUT2D eigenvalue weighted by Crippen LogP contribution is -2.06. The van der Waals surface area contributed by atoms with Crippen molar-refractivity contribution in [2.75, 3.05) is 11.6 Å². The van der Waals surface area contributed by atoms with Crippen LogP contribution in [0.15, 0.2) is 28.5 Å². The summed E-state index contributed by atoms with van der Waals surface area (Å²) in [4.78, 5) is 10.5. The van der Waals surface area contributed by atoms with Gasteiger partial charge in [0.15, 0.2) is 14.8 Å². The van der Waals surface area contributed by atoms with Crippen molar-refractivity contribution >= 4 is 55.1 Å². The Balaban J connectivity index is 2.36. The van der Waals surface area contributed by atoms with E-state index in [0.717, 1.165) is 29.2 Å². The molecule has 0 aliphatic heterocycles. The Morgan fingerprint density at radius 3 is 2.43 bits per heavy atom. The predicted octanol–water partition coefficient (Wildman–Crippen LogP) is 4.54. The van der Waals surface area contributed by atoms with E-state index in [1.807, 2.05) is 0 Å². The molecule has 0 aliphatic carbocycles. The summed E-state index contributed by atoms with van der Waals surface area (Å²) in [6.07, 6.45) is 1.01. The van der Waals surface area contributed by atoms with Crippen molar-refractivity contribution in [2.45, 2.75) is 17.2 Å². The quantitative estimate of drug-likeness (QED) is 0.593. The number of hydrogen-bond donors (Lipinski definition) is 1. The number of nitrogens with zero attached hydrogens (tertiary/aromatic N) is 1. The topological polar surface area (TPSA) is 89.3 Å². The van der Waals surface area contributed by atoms with E-state index in [-0.39, 0.29) is 20.9 Å². The van der Waals surface area contributed by atoms with Crippen molar-refractivity contribution in [1.29, 1.82) is 0 Å². The van der Waals surface area contributed by atoms with E-state index in [4.69, 9.17) is 23.2 Å². The molecule has 6 nitrogen and oxygen atoms in total. The average molecular weight is 395 g/mol. The molecule has 1 heterocycles. The highest BCUT2D eigenvalue weighted by Crippen LogP contribution is 2.39. The van der Waals surface area contributed by atoms with Gasteiger partial charge in [0.2, 0.25) is 0 Å². The van der Waals surface area contributed by atoms with Crippen molar-refractivity contribution in [3.63, 3.8) is 0 Å². The second-order valence-corrected chi connectivity index (χ2v) is 8.96. The number of halogens is 2. The maximum atomic E-state index is 11.6. The SMILES string of the molecule is CC(Nc1sc(S(C)(=O)=O)cc1[N+](=O)[O-])c1ccc(Cl)c(Cl)c1. The molecule has 0 amide bonds. The Labute approximate surface area is 147 Å². The van der Waals surface area contributed by atoms with Gasteiger partial charge in [-0.15, -0.1) is 0 Å². The van der Waals surface area contributed by atoms with Gasteiger partial charge in [0.05, 0.1) is 15.0 Å². The zero-order chi connectivity index (χ0) is 17.4. The summed E-state index contributed by atoms with van der Waals surface area (Å²) in [7, 11) is -3.52. The Morgan fingerprint density at radius 1 is 1.26 bits per heavy atom. The molecule has 10 heteroatoms. The molecule has 0 radical (unpaired) electrons. The third kappa shape index (κ3) is 4.14. The van der Waals surface area contributed by atoms with Crippen LogP contribution in [0.5, 0.6) is 0 Å². The number of anilines is 1. The standard InChI is InChI=1S/C13H12Cl2N2O4S2/c1-7(8-3-4-9(14)10(15)5-8)16-13-11(17(18)19)6-12(22-13)23(2,20)21/h3-7,16H,1-2H3. The molecule has 1 aromatic heterocycles. The Morgan fingerprint density at radius 2 is 1.91 bits per heavy atom. The first kappa shape index (κ1) is 18.0. The summed E-state index contributed by atoms with van der Waals surface area (Å²) in [5.74, 6) is 0. The molecule has 1 atom stereocenters. The second-order valence-electron chi connectivity index (χ2n) is 4.85. The van der Waals surface area contributed by atoms with E-state index >= 15 is 0 Å². The molecular weight excluding hydrogens is 383 g/mol. The molecule has 1 aromatic carbocycles. The summed E-state index contributed by atoms with van der Waals surface area (Å²) in [5, 5.41) is 15.0. The molecule has 2 rings (SSSR count). The lowest BCUT2D eigenvalue weighted by atomic mass is 10.1. The summed E-state index contributed by atoms with van der Waals surface area (Å²) >= 11 is 12.6. The van der Waals surface area contributed by atoms with Gasteiger partial charge < -0.3 is 5.32 Å². The zero-order valence-corrected chi connectivity index (χ0v) is 15.2. The highest BCUT2D eigenvalue weighted by Gasteiger charge is 2.25. The first-order valence-corrected chi connectivity index (χ1v) is 9.75. The van der Waals surface area contributed by atoms with Gasteiger partial charge in [0.1, 0.15) is 4.21 Å². The van der Waals surface area contributed by atoms with Crippen molar-refractivity contribution in [2.24, 2.45) is 0 Å². The molecule has 0 saturated heterocycles. The number of nitrogens with one attached hydrogen (secondary N) is 1. The minimum Gasteiger partial charge on any atom is -0.365 e. The lowest BCUT2D eigenvalue weighted by molar-refractivity contribution is -0.383. The van der Waals surface area contributed by atoms with Crippen LogP contribution in [-0.2, 0) is 9.84 Å². The Hall–Kier alpha value is -1.35. The smallest absolute Gasteiger partial charge is 0.304 e. The molecule has 1 unspecified atom stereocenters. The van der Waals surface area contributed by atoms with Crippen LogP contribution in [0.1, 0.15) is 18.5 Å². The summed E-state index contributed by atoms with van der Waals surface area (Å²) in [5.41, 5.74) is 0.491. The average Bonchev–Trinajstić information content (AvgIpc) is 2.86. The van der Waals surface area contributed by atoms with Gasteiger partial charge in [0.25, 0.3) is 0 Å². The maximum Gasteiger partial charge on any atom is 0.304 e. The van der Waals surface area contributed by atoms with E-state index in [1.54, 1.807) is 25.1 Å². The molecule has 23 heavy (non-hydrogen) atoms. The summed E-state index contributed by atoms with van der Waals surface area (Å²) in [6, 6.07) is 5.75. The van der Waals surface area contributed by atoms with Gasteiger partial charge in [-0.25, -0.2) is 8.42 Å². The third-order valence-electron chi connectivity index (χ3n) is 3.04. The van der Waals surface area contributed by atoms with Gasteiger partial charge >= 0.3 is 5.69 Å². The molecule has 0 spiro atoms. The molecule has 1 N–H and O–H groups in total. The number of benzene rings is 1. The lowest BCUT2D eigenvalue weighted by Gasteiger charge is -2.14. The predicted molar refractivity (Wildman–Crippen MR) is 92.6 cm³/mol. The van der Waals surface area contributed by atoms with Crippen molar-refractivity contribution in [3.05, 3.63) is 50.0 Å². The van der Waals surface area contributed by atoms with Gasteiger partial charge in [-0.3, -0.25) is 10.1 Å². The minimum absolute atomic E-state index is 0.0620. The minimum atomic E-state index is -3.52. The Kier molecular flexibility index (Phi) is 5.20. The van der Waals surface area contributed by atoms with E-state index in [9.17, 15) is 18.5 Å². The fourth-order valence-electron chi connectivity index (χ4n) is 1.84. The molecule has 0 saturated carbocycles. The maximum absolute atomic E-state index is 11.6. The monoisotopic (exact) mass is 394 g/mol. The molecule has 0 bridgehead atoms. The van der Waals surface area contributed by atoms with Gasteiger partial charge in [-0.2, -0.15) is 0 Å². The van der Waals surface area contributed by atoms with Crippen LogP contribution < -0.4 is 5.32 Å². The first-order valence-electron chi connectivity index (χ1n) is 6.29. The van der Waals surface area contributed by atoms with Gasteiger partial charge in [-0.05, 0) is 24.6 Å². The van der Waals surface area contributed by atoms with E-state index < -0.39 is 14.8 Å². The van der Waals surface area contributed by atoms with Crippen LogP contribution >= 0.6 is 34.5 Å². The fourth-order valence-corrected chi connectivity index (χ4v) is 4.18. The van der Waals surface area contributed by atoms with Crippen LogP contribution in [-0.4, -0.2) is 19.6 Å². The third-order valence-corrected chi connectivity index (χ3v) is 6.64. The number of hydrogen-bond acceptors (Lipinski definition) is 6. The molecular formula is C13H12Cl2N2O4S2. The highest BCUT2D eigenvalue weighted by molar-refractivity contribution is 7.92. The van der Waals surface area contributed by atoms with Crippen molar-refractivity contribution in [1.82, 2.24) is 0 Å². The number of rotatable bonds is 5. The molecule has 0 fully saturated rings. The van der Waals surface area contributed by atoms with E-state index in [1.165, 1.54) is 0 Å². The largest absolute Gasteiger partial charge is 0.365 e. The summed E-state index contributed by atoms with van der Waals surface area (Å²) in [6.45, 7) is 1.78. The van der Waals surface area contributed by atoms with Crippen LogP contribution in [0.4, 0.5) is 10.7 Å². The van der Waals surface area contributed by atoms with Gasteiger partial charge in [0, 0.05) is 18.4 Å².